The van der Waals surface area contributed by atoms with Crippen molar-refractivity contribution in [1.29, 1.82) is 0 Å². The molecule has 3 heterocycles. The highest BCUT2D eigenvalue weighted by Gasteiger charge is 2.52. The number of hydroxylamine groups is 1. The SMILES string of the molecule is Cc1ccc(N2CCN(S(=O)(=O)CC3(C(=O)NO)CCN(C(=O)O)C([C@@H]4CCOC4)C3)CC2)c(C)c1. The maximum absolute atomic E-state index is 13.6. The molecule has 1 aromatic carbocycles. The van der Waals surface area contributed by atoms with Crippen molar-refractivity contribution in [3.8, 4) is 0 Å². The summed E-state index contributed by atoms with van der Waals surface area (Å²) in [6, 6.07) is 5.63. The number of nitrogens with zero attached hydrogens (tertiary/aromatic N) is 3. The van der Waals surface area contributed by atoms with Gasteiger partial charge in [-0.25, -0.2) is 18.7 Å². The summed E-state index contributed by atoms with van der Waals surface area (Å²) < 4.78 is 34.0. The van der Waals surface area contributed by atoms with Crippen molar-refractivity contribution in [1.82, 2.24) is 14.7 Å². The molecule has 3 fully saturated rings. The summed E-state index contributed by atoms with van der Waals surface area (Å²) in [6.07, 6.45) is -0.437. The van der Waals surface area contributed by atoms with Gasteiger partial charge in [0, 0.05) is 57.0 Å². The molecular formula is C24H36N4O7S. The molecule has 3 atom stereocenters. The van der Waals surface area contributed by atoms with Crippen LogP contribution in [0, 0.1) is 25.2 Å². The molecule has 0 spiro atoms. The molecule has 200 valence electrons. The average molecular weight is 525 g/mol. The Hall–Kier alpha value is -2.41. The van der Waals surface area contributed by atoms with Crippen LogP contribution in [-0.2, 0) is 19.6 Å². The number of aryl methyl sites for hydroxylation is 2. The molecule has 0 aliphatic carbocycles. The number of likely N-dealkylation sites (tertiary alicyclic amines) is 1. The molecule has 11 nitrogen and oxygen atoms in total. The lowest BCUT2D eigenvalue weighted by atomic mass is 9.73. The lowest BCUT2D eigenvalue weighted by Crippen LogP contribution is -2.60. The predicted molar refractivity (Wildman–Crippen MR) is 133 cm³/mol. The van der Waals surface area contributed by atoms with Crippen LogP contribution in [0.3, 0.4) is 0 Å². The summed E-state index contributed by atoms with van der Waals surface area (Å²) in [5.74, 6) is -1.39. The van der Waals surface area contributed by atoms with Gasteiger partial charge < -0.3 is 19.6 Å². The van der Waals surface area contributed by atoms with Crippen LogP contribution >= 0.6 is 0 Å². The van der Waals surface area contributed by atoms with Crippen LogP contribution in [0.15, 0.2) is 18.2 Å². The van der Waals surface area contributed by atoms with E-state index >= 15 is 0 Å². The minimum atomic E-state index is -3.87. The van der Waals surface area contributed by atoms with Crippen molar-refractivity contribution in [2.75, 3.05) is 56.6 Å². The first-order valence-electron chi connectivity index (χ1n) is 12.4. The van der Waals surface area contributed by atoms with E-state index in [1.165, 1.54) is 14.8 Å². The molecule has 0 radical (unpaired) electrons. The zero-order valence-electron chi connectivity index (χ0n) is 20.9. The van der Waals surface area contributed by atoms with E-state index in [1.54, 1.807) is 5.48 Å². The van der Waals surface area contributed by atoms with Gasteiger partial charge in [-0.3, -0.25) is 10.0 Å². The summed E-state index contributed by atoms with van der Waals surface area (Å²) in [6.45, 7) is 6.56. The van der Waals surface area contributed by atoms with E-state index in [-0.39, 0.29) is 38.4 Å². The first-order chi connectivity index (χ1) is 17.1. The Morgan fingerprint density at radius 2 is 1.89 bits per heavy atom. The number of carbonyl (C=O) groups excluding carboxylic acids is 1. The number of carboxylic acid groups (broad SMARTS) is 1. The monoisotopic (exact) mass is 524 g/mol. The van der Waals surface area contributed by atoms with Gasteiger partial charge in [0.25, 0.3) is 5.91 Å². The van der Waals surface area contributed by atoms with E-state index in [4.69, 9.17) is 4.74 Å². The van der Waals surface area contributed by atoms with Crippen LogP contribution in [0.4, 0.5) is 10.5 Å². The topological polar surface area (TPSA) is 140 Å². The first kappa shape index (κ1) is 26.6. The van der Waals surface area contributed by atoms with Crippen LogP contribution in [0.2, 0.25) is 0 Å². The quantitative estimate of drug-likeness (QED) is 0.375. The number of rotatable bonds is 6. The van der Waals surface area contributed by atoms with Gasteiger partial charge in [0.2, 0.25) is 10.0 Å². The van der Waals surface area contributed by atoms with Gasteiger partial charge in [-0.2, -0.15) is 4.31 Å². The van der Waals surface area contributed by atoms with E-state index in [0.717, 1.165) is 11.3 Å². The molecule has 0 aromatic heterocycles. The minimum absolute atomic E-state index is 0.0114. The van der Waals surface area contributed by atoms with E-state index in [9.17, 15) is 28.3 Å². The number of hydrogen-bond donors (Lipinski definition) is 3. The maximum atomic E-state index is 13.6. The molecule has 0 saturated carbocycles. The lowest BCUT2D eigenvalue weighted by molar-refractivity contribution is -0.143. The number of ether oxygens (including phenoxy) is 1. The number of amides is 2. The van der Waals surface area contributed by atoms with Crippen LogP contribution in [0.25, 0.3) is 0 Å². The Labute approximate surface area is 212 Å². The van der Waals surface area contributed by atoms with Crippen LogP contribution in [-0.4, -0.2) is 97.7 Å². The standard InChI is InChI=1S/C24H36N4O7S/c1-17-3-4-20(18(2)13-17)26-8-10-27(11-9-26)36(33,34)16-24(22(29)25-32)6-7-28(23(30)31)21(14-24)19-5-12-35-15-19/h3-4,13,19,21,32H,5-12,14-16H2,1-2H3,(H,25,29)(H,30,31)/t19-,21?,24?/m1/s1. The van der Waals surface area contributed by atoms with Crippen LogP contribution in [0.5, 0.6) is 0 Å². The van der Waals surface area contributed by atoms with E-state index in [2.05, 4.69) is 17.0 Å². The fraction of sp³-hybridized carbons (Fsp3) is 0.667. The van der Waals surface area contributed by atoms with Gasteiger partial charge >= 0.3 is 6.09 Å². The second-order valence-electron chi connectivity index (χ2n) is 10.3. The highest BCUT2D eigenvalue weighted by Crippen LogP contribution is 2.41. The number of carbonyl (C=O) groups is 2. The van der Waals surface area contributed by atoms with Crippen molar-refractivity contribution < 1.29 is 33.1 Å². The normalized spacial score (nSPS) is 27.8. The summed E-state index contributed by atoms with van der Waals surface area (Å²) in [5.41, 5.74) is 3.62. The zero-order valence-corrected chi connectivity index (χ0v) is 21.7. The molecule has 3 saturated heterocycles. The van der Waals surface area contributed by atoms with Crippen molar-refractivity contribution in [2.45, 2.75) is 39.2 Å². The Morgan fingerprint density at radius 1 is 1.17 bits per heavy atom. The summed E-state index contributed by atoms with van der Waals surface area (Å²) >= 11 is 0. The van der Waals surface area contributed by atoms with Crippen molar-refractivity contribution >= 4 is 27.7 Å². The van der Waals surface area contributed by atoms with Crippen molar-refractivity contribution in [2.24, 2.45) is 11.3 Å². The van der Waals surface area contributed by atoms with E-state index in [0.29, 0.717) is 32.7 Å². The second-order valence-corrected chi connectivity index (χ2v) is 12.2. The number of piperidine rings is 1. The van der Waals surface area contributed by atoms with E-state index < -0.39 is 39.2 Å². The average Bonchev–Trinajstić information content (AvgIpc) is 3.38. The molecule has 3 N–H and O–H groups in total. The molecule has 0 bridgehead atoms. The molecule has 4 rings (SSSR count). The molecule has 1 aromatic rings. The molecule has 3 aliphatic rings. The fourth-order valence-corrected chi connectivity index (χ4v) is 7.95. The van der Waals surface area contributed by atoms with Gasteiger partial charge in [-0.05, 0) is 44.7 Å². The number of nitrogens with one attached hydrogen (secondary N) is 1. The number of benzene rings is 1. The minimum Gasteiger partial charge on any atom is -0.465 e. The molecular weight excluding hydrogens is 488 g/mol. The zero-order chi connectivity index (χ0) is 26.1. The fourth-order valence-electron chi connectivity index (χ4n) is 5.96. The molecule has 3 aliphatic heterocycles. The van der Waals surface area contributed by atoms with Gasteiger partial charge in [0.05, 0.1) is 17.8 Å². The molecule has 12 heteroatoms. The molecule has 2 amide bonds. The number of piperazine rings is 1. The Morgan fingerprint density at radius 3 is 2.47 bits per heavy atom. The van der Waals surface area contributed by atoms with Gasteiger partial charge in [0.15, 0.2) is 0 Å². The summed E-state index contributed by atoms with van der Waals surface area (Å²) in [7, 11) is -3.87. The second kappa shape index (κ2) is 10.5. The van der Waals surface area contributed by atoms with Gasteiger partial charge in [0.1, 0.15) is 0 Å². The molecule has 2 unspecified atom stereocenters. The predicted octanol–water partition coefficient (Wildman–Crippen LogP) is 1.43. The third kappa shape index (κ3) is 5.31. The Kier molecular flexibility index (Phi) is 7.79. The van der Waals surface area contributed by atoms with E-state index in [1.807, 2.05) is 19.9 Å². The van der Waals surface area contributed by atoms with Gasteiger partial charge in [-0.15, -0.1) is 0 Å². The lowest BCUT2D eigenvalue weighted by Gasteiger charge is -2.46. The van der Waals surface area contributed by atoms with Crippen LogP contribution < -0.4 is 10.4 Å². The van der Waals surface area contributed by atoms with Crippen molar-refractivity contribution in [3.05, 3.63) is 29.3 Å². The van der Waals surface area contributed by atoms with Crippen LogP contribution in [0.1, 0.15) is 30.4 Å². The third-order valence-electron chi connectivity index (χ3n) is 7.95. The number of anilines is 1. The van der Waals surface area contributed by atoms with Gasteiger partial charge in [-0.1, -0.05) is 17.7 Å². The maximum Gasteiger partial charge on any atom is 0.407 e. The number of sulfonamides is 1. The highest BCUT2D eigenvalue weighted by molar-refractivity contribution is 7.89. The summed E-state index contributed by atoms with van der Waals surface area (Å²) in [5, 5.41) is 19.3. The Balaban J connectivity index is 1.51. The summed E-state index contributed by atoms with van der Waals surface area (Å²) in [4.78, 5) is 28.3. The first-order valence-corrected chi connectivity index (χ1v) is 14.0. The number of hydrogen-bond acceptors (Lipinski definition) is 7. The third-order valence-corrected chi connectivity index (χ3v) is 10.0. The van der Waals surface area contributed by atoms with Crippen molar-refractivity contribution in [3.63, 3.8) is 0 Å². The largest absolute Gasteiger partial charge is 0.465 e. The Bertz CT molecular complexity index is 1080. The molecule has 36 heavy (non-hydrogen) atoms. The highest BCUT2D eigenvalue weighted by atomic mass is 32.2. The smallest absolute Gasteiger partial charge is 0.407 e.